The molecule has 1 fully saturated rings. The predicted molar refractivity (Wildman–Crippen MR) is 184 cm³/mol. The van der Waals surface area contributed by atoms with E-state index in [2.05, 4.69) is 25.5 Å². The highest BCUT2D eigenvalue weighted by atomic mass is 32.1. The monoisotopic (exact) mass is 698 g/mol. The SMILES string of the molecule is Cc1ncsc1-c1ccc(C(N)CC(=O)NCCCCCCNC(=O)COc2c(-c3csc(N4CCOCC4)n3)ccc(F)c2F)cc1. The zero-order valence-corrected chi connectivity index (χ0v) is 28.4. The molecule has 0 radical (unpaired) electrons. The van der Waals surface area contributed by atoms with Crippen LogP contribution in [0.1, 0.15) is 49.4 Å². The highest BCUT2D eigenvalue weighted by Crippen LogP contribution is 2.36. The van der Waals surface area contributed by atoms with E-state index in [1.54, 1.807) is 16.7 Å². The van der Waals surface area contributed by atoms with Crippen LogP contribution in [0.4, 0.5) is 13.9 Å². The lowest BCUT2D eigenvalue weighted by atomic mass is 10.0. The van der Waals surface area contributed by atoms with E-state index in [-0.39, 0.29) is 23.6 Å². The van der Waals surface area contributed by atoms with Gasteiger partial charge >= 0.3 is 0 Å². The average molecular weight is 699 g/mol. The molecule has 4 aromatic rings. The Morgan fingerprint density at radius 1 is 1.00 bits per heavy atom. The van der Waals surface area contributed by atoms with Crippen molar-refractivity contribution in [2.75, 3.05) is 50.9 Å². The van der Waals surface area contributed by atoms with Gasteiger partial charge in [0.25, 0.3) is 5.91 Å². The van der Waals surface area contributed by atoms with Crippen LogP contribution in [0.5, 0.6) is 5.75 Å². The van der Waals surface area contributed by atoms with Gasteiger partial charge in [0.05, 0.1) is 35.0 Å². The number of unbranched alkanes of at least 4 members (excludes halogenated alkanes) is 3. The number of thiazole rings is 2. The number of hydrogen-bond acceptors (Lipinski definition) is 10. The summed E-state index contributed by atoms with van der Waals surface area (Å²) in [6.45, 7) is 5.08. The fourth-order valence-corrected chi connectivity index (χ4v) is 6.95. The summed E-state index contributed by atoms with van der Waals surface area (Å²) in [5, 5.41) is 8.20. The van der Waals surface area contributed by atoms with E-state index in [4.69, 9.17) is 15.2 Å². The number of nitrogens with one attached hydrogen (secondary N) is 2. The second-order valence-corrected chi connectivity index (χ2v) is 13.1. The molecular formula is C34H40F2N6O4S2. The minimum Gasteiger partial charge on any atom is -0.480 e. The fraction of sp³-hybridized carbons (Fsp3) is 0.412. The first-order valence-electron chi connectivity index (χ1n) is 16.0. The lowest BCUT2D eigenvalue weighted by Crippen LogP contribution is -2.36. The molecule has 48 heavy (non-hydrogen) atoms. The fourth-order valence-electron chi connectivity index (χ4n) is 5.26. The first-order valence-corrected chi connectivity index (χ1v) is 17.7. The zero-order valence-electron chi connectivity index (χ0n) is 26.8. The standard InChI is InChI=1S/C34H40F2N6O4S2/c1-22-33(48-21-40-22)24-8-6-23(7-9-24)27(37)18-29(43)38-12-4-2-3-5-13-39-30(44)19-46-32-25(10-11-26(35)31(32)36)28-20-47-34(41-28)42-14-16-45-17-15-42/h6-11,20-21,27H,2-5,12-19,37H2,1H3,(H,38,43)(H,39,44). The van der Waals surface area contributed by atoms with Gasteiger partial charge in [0, 0.05) is 49.6 Å². The van der Waals surface area contributed by atoms with E-state index >= 15 is 0 Å². The van der Waals surface area contributed by atoms with Crippen molar-refractivity contribution in [1.82, 2.24) is 20.6 Å². The molecule has 4 N–H and O–H groups in total. The minimum atomic E-state index is -1.16. The molecule has 0 spiro atoms. The van der Waals surface area contributed by atoms with Crippen molar-refractivity contribution in [2.24, 2.45) is 5.73 Å². The lowest BCUT2D eigenvalue weighted by molar-refractivity contribution is -0.123. The second-order valence-electron chi connectivity index (χ2n) is 11.5. The zero-order chi connectivity index (χ0) is 33.9. The third-order valence-electron chi connectivity index (χ3n) is 7.95. The Morgan fingerprint density at radius 3 is 2.40 bits per heavy atom. The van der Waals surface area contributed by atoms with Gasteiger partial charge in [-0.1, -0.05) is 37.1 Å². The van der Waals surface area contributed by atoms with Gasteiger partial charge in [-0.3, -0.25) is 9.59 Å². The van der Waals surface area contributed by atoms with Gasteiger partial charge in [-0.05, 0) is 43.0 Å². The summed E-state index contributed by atoms with van der Waals surface area (Å²) < 4.78 is 39.7. The molecule has 14 heteroatoms. The van der Waals surface area contributed by atoms with E-state index in [1.807, 2.05) is 36.7 Å². The number of anilines is 1. The number of morpholine rings is 1. The Labute approximate surface area is 286 Å². The summed E-state index contributed by atoms with van der Waals surface area (Å²) in [4.78, 5) is 36.9. The molecule has 1 aliphatic rings. The highest BCUT2D eigenvalue weighted by Gasteiger charge is 2.22. The van der Waals surface area contributed by atoms with Crippen LogP contribution in [0.3, 0.4) is 0 Å². The molecule has 1 saturated heterocycles. The van der Waals surface area contributed by atoms with Gasteiger partial charge in [-0.15, -0.1) is 22.7 Å². The van der Waals surface area contributed by atoms with Crippen molar-refractivity contribution < 1.29 is 27.8 Å². The molecule has 2 amide bonds. The molecule has 1 aliphatic heterocycles. The number of benzene rings is 2. The van der Waals surface area contributed by atoms with Crippen LogP contribution in [0.25, 0.3) is 21.7 Å². The van der Waals surface area contributed by atoms with E-state index in [0.29, 0.717) is 45.1 Å². The smallest absolute Gasteiger partial charge is 0.257 e. The van der Waals surface area contributed by atoms with Crippen LogP contribution >= 0.6 is 22.7 Å². The largest absolute Gasteiger partial charge is 0.480 e. The molecular weight excluding hydrogens is 659 g/mol. The first-order chi connectivity index (χ1) is 23.3. The van der Waals surface area contributed by atoms with Crippen molar-refractivity contribution in [1.29, 1.82) is 0 Å². The summed E-state index contributed by atoms with van der Waals surface area (Å²) in [6, 6.07) is 9.97. The van der Waals surface area contributed by atoms with E-state index in [1.165, 1.54) is 17.4 Å². The third-order valence-corrected chi connectivity index (χ3v) is 9.83. The maximum absolute atomic E-state index is 14.8. The molecule has 2 aromatic heterocycles. The van der Waals surface area contributed by atoms with E-state index in [9.17, 15) is 18.4 Å². The maximum atomic E-state index is 14.8. The van der Waals surface area contributed by atoms with Crippen molar-refractivity contribution in [3.05, 3.63) is 70.2 Å². The number of ether oxygens (including phenoxy) is 2. The van der Waals surface area contributed by atoms with Gasteiger partial charge in [-0.2, -0.15) is 4.39 Å². The molecule has 256 valence electrons. The van der Waals surface area contributed by atoms with Crippen LogP contribution in [0.2, 0.25) is 0 Å². The Bertz CT molecular complexity index is 1660. The maximum Gasteiger partial charge on any atom is 0.257 e. The second kappa shape index (κ2) is 17.4. The van der Waals surface area contributed by atoms with Gasteiger partial charge in [0.15, 0.2) is 23.3 Å². The minimum absolute atomic E-state index is 0.0950. The normalized spacial score (nSPS) is 13.7. The number of carbonyl (C=O) groups is 2. The number of nitrogens with zero attached hydrogens (tertiary/aromatic N) is 3. The topological polar surface area (TPSA) is 132 Å². The summed E-state index contributed by atoms with van der Waals surface area (Å²) >= 11 is 2.99. The number of hydrogen-bond donors (Lipinski definition) is 3. The number of aryl methyl sites for hydroxylation is 1. The highest BCUT2D eigenvalue weighted by molar-refractivity contribution is 7.14. The molecule has 0 saturated carbocycles. The summed E-state index contributed by atoms with van der Waals surface area (Å²) in [7, 11) is 0. The summed E-state index contributed by atoms with van der Waals surface area (Å²) in [5.41, 5.74) is 11.8. The van der Waals surface area contributed by atoms with Gasteiger partial charge in [0.1, 0.15) is 0 Å². The van der Waals surface area contributed by atoms with Crippen LogP contribution in [-0.2, 0) is 14.3 Å². The number of aromatic nitrogens is 2. The number of carbonyl (C=O) groups excluding carboxylic acids is 2. The predicted octanol–water partition coefficient (Wildman–Crippen LogP) is 5.62. The van der Waals surface area contributed by atoms with Gasteiger partial charge in [0.2, 0.25) is 11.7 Å². The van der Waals surface area contributed by atoms with Gasteiger partial charge < -0.3 is 30.7 Å². The third kappa shape index (κ3) is 9.56. The van der Waals surface area contributed by atoms with Crippen LogP contribution < -0.4 is 26.0 Å². The Kier molecular flexibility index (Phi) is 12.8. The van der Waals surface area contributed by atoms with Crippen LogP contribution in [0, 0.1) is 18.6 Å². The first kappa shape index (κ1) is 35.3. The molecule has 0 aliphatic carbocycles. The van der Waals surface area contributed by atoms with Crippen molar-refractivity contribution in [2.45, 2.75) is 45.1 Å². The van der Waals surface area contributed by atoms with Crippen molar-refractivity contribution >= 4 is 39.6 Å². The molecule has 3 heterocycles. The molecule has 2 aromatic carbocycles. The summed E-state index contributed by atoms with van der Waals surface area (Å²) in [6.07, 6.45) is 3.44. The lowest BCUT2D eigenvalue weighted by Gasteiger charge is -2.26. The number of amides is 2. The summed E-state index contributed by atoms with van der Waals surface area (Å²) in [5.74, 6) is -3.10. The average Bonchev–Trinajstić information content (AvgIpc) is 3.76. The Balaban J connectivity index is 0.959. The molecule has 10 nitrogen and oxygen atoms in total. The molecule has 1 atom stereocenters. The quantitative estimate of drug-likeness (QED) is 0.129. The van der Waals surface area contributed by atoms with E-state index < -0.39 is 30.2 Å². The molecule has 0 bridgehead atoms. The Morgan fingerprint density at radius 2 is 1.71 bits per heavy atom. The number of nitrogens with two attached hydrogens (primary N) is 1. The van der Waals surface area contributed by atoms with Crippen LogP contribution in [-0.4, -0.2) is 67.8 Å². The van der Waals surface area contributed by atoms with E-state index in [0.717, 1.165) is 58.6 Å². The number of rotatable bonds is 16. The van der Waals surface area contributed by atoms with Gasteiger partial charge in [-0.25, -0.2) is 14.4 Å². The van der Waals surface area contributed by atoms with Crippen LogP contribution in [0.15, 0.2) is 47.3 Å². The van der Waals surface area contributed by atoms with Crippen molar-refractivity contribution in [3.63, 3.8) is 0 Å². The molecule has 5 rings (SSSR count). The number of halogens is 2. The Hall–Kier alpha value is -3.98. The molecule has 1 unspecified atom stereocenters. The van der Waals surface area contributed by atoms with Crippen molar-refractivity contribution in [3.8, 4) is 27.4 Å².